The van der Waals surface area contributed by atoms with Gasteiger partial charge in [0.05, 0.1) is 4.91 Å². The number of pyridine rings is 1. The molecule has 2 aromatic rings. The highest BCUT2D eigenvalue weighted by atomic mass is 32.2. The molecule has 0 N–H and O–H groups in total. The largest absolute Gasteiger partial charge is 0.368 e. The van der Waals surface area contributed by atoms with E-state index >= 15 is 0 Å². The molecule has 2 saturated heterocycles. The summed E-state index contributed by atoms with van der Waals surface area (Å²) in [4.78, 5) is 33.3. The van der Waals surface area contributed by atoms with Crippen molar-refractivity contribution in [3.63, 3.8) is 0 Å². The van der Waals surface area contributed by atoms with Gasteiger partial charge in [0, 0.05) is 50.0 Å². The minimum atomic E-state index is -0.274. The lowest BCUT2D eigenvalue weighted by Crippen LogP contribution is -2.48. The molecule has 0 unspecified atom stereocenters. The molecule has 0 spiro atoms. The van der Waals surface area contributed by atoms with Crippen molar-refractivity contribution in [2.24, 2.45) is 0 Å². The Morgan fingerprint density at radius 1 is 1.11 bits per heavy atom. The molecule has 2 aliphatic rings. The van der Waals surface area contributed by atoms with Crippen molar-refractivity contribution in [3.05, 3.63) is 62.3 Å². The lowest BCUT2D eigenvalue weighted by molar-refractivity contribution is -0.123. The third-order valence-corrected chi connectivity index (χ3v) is 7.94. The first-order valence-electron chi connectivity index (χ1n) is 12.3. The molecule has 9 heteroatoms. The average Bonchev–Trinajstić information content (AvgIpc) is 3.16. The summed E-state index contributed by atoms with van der Waals surface area (Å²) >= 11 is 6.75. The van der Waals surface area contributed by atoms with Gasteiger partial charge in [-0.05, 0) is 51.0 Å². The van der Waals surface area contributed by atoms with Gasteiger partial charge in [0.25, 0.3) is 11.5 Å². The molecule has 0 atom stereocenters. The fourth-order valence-corrected chi connectivity index (χ4v) is 6.29. The van der Waals surface area contributed by atoms with Gasteiger partial charge < -0.3 is 9.80 Å². The summed E-state index contributed by atoms with van der Waals surface area (Å²) in [5.74, 6) is 0.645. The zero-order valence-corrected chi connectivity index (χ0v) is 22.8. The second-order valence-corrected chi connectivity index (χ2v) is 10.9. The number of nitriles is 1. The highest BCUT2D eigenvalue weighted by Gasteiger charge is 2.35. The molecule has 0 aliphatic carbocycles. The highest BCUT2D eigenvalue weighted by molar-refractivity contribution is 8.26. The van der Waals surface area contributed by atoms with E-state index in [2.05, 4.69) is 28.0 Å². The molecule has 1 amide bonds. The van der Waals surface area contributed by atoms with Gasteiger partial charge in [-0.3, -0.25) is 19.1 Å². The number of benzene rings is 1. The van der Waals surface area contributed by atoms with Crippen molar-refractivity contribution in [2.45, 2.75) is 46.7 Å². The number of piperazine rings is 1. The fraction of sp³-hybridized carbons (Fsp3) is 0.407. The average molecular weight is 522 g/mol. The van der Waals surface area contributed by atoms with Crippen LogP contribution in [0.5, 0.6) is 0 Å². The van der Waals surface area contributed by atoms with Crippen molar-refractivity contribution in [1.82, 2.24) is 9.47 Å². The van der Waals surface area contributed by atoms with Crippen LogP contribution in [-0.2, 0) is 11.3 Å². The SMILES string of the molecule is CCCn1c(N2CCN(c3ccccc3)CC2)c(/C=C2\SC(=S)N(C(C)C)C2=O)c(C)c(C#N)c1=O. The number of thioether (sulfide) groups is 1. The summed E-state index contributed by atoms with van der Waals surface area (Å²) in [5, 5.41) is 9.84. The number of aromatic nitrogens is 1. The number of nitrogens with zero attached hydrogens (tertiary/aromatic N) is 5. The Bertz CT molecular complexity index is 1300. The zero-order chi connectivity index (χ0) is 26.0. The van der Waals surface area contributed by atoms with Gasteiger partial charge in [-0.2, -0.15) is 5.26 Å². The summed E-state index contributed by atoms with van der Waals surface area (Å²) < 4.78 is 2.25. The van der Waals surface area contributed by atoms with Crippen LogP contribution in [0.15, 0.2) is 40.0 Å². The quantitative estimate of drug-likeness (QED) is 0.413. The van der Waals surface area contributed by atoms with Crippen LogP contribution in [0.25, 0.3) is 6.08 Å². The number of thiocarbonyl (C=S) groups is 1. The molecular weight excluding hydrogens is 490 g/mol. The van der Waals surface area contributed by atoms with Crippen LogP contribution in [0, 0.1) is 18.3 Å². The lowest BCUT2D eigenvalue weighted by atomic mass is 10.0. The Labute approximate surface area is 222 Å². The molecule has 7 nitrogen and oxygen atoms in total. The Hall–Kier alpha value is -3.09. The third-order valence-electron chi connectivity index (χ3n) is 6.61. The second kappa shape index (κ2) is 10.9. The van der Waals surface area contributed by atoms with E-state index in [-0.39, 0.29) is 23.1 Å². The summed E-state index contributed by atoms with van der Waals surface area (Å²) in [5.41, 5.74) is 2.38. The maximum absolute atomic E-state index is 13.4. The molecule has 188 valence electrons. The smallest absolute Gasteiger partial charge is 0.270 e. The first kappa shape index (κ1) is 26.0. The van der Waals surface area contributed by atoms with Crippen LogP contribution in [0.3, 0.4) is 0 Å². The van der Waals surface area contributed by atoms with Gasteiger partial charge in [-0.15, -0.1) is 0 Å². The van der Waals surface area contributed by atoms with Crippen molar-refractivity contribution >= 4 is 51.8 Å². The summed E-state index contributed by atoms with van der Waals surface area (Å²) in [7, 11) is 0. The molecule has 2 fully saturated rings. The number of amides is 1. The maximum Gasteiger partial charge on any atom is 0.270 e. The van der Waals surface area contributed by atoms with E-state index in [1.165, 1.54) is 17.4 Å². The topological polar surface area (TPSA) is 72.6 Å². The number of carbonyl (C=O) groups excluding carboxylic acids is 1. The van der Waals surface area contributed by atoms with E-state index in [1.807, 2.05) is 45.0 Å². The molecule has 1 aromatic carbocycles. The van der Waals surface area contributed by atoms with E-state index in [9.17, 15) is 14.9 Å². The monoisotopic (exact) mass is 521 g/mol. The van der Waals surface area contributed by atoms with Gasteiger partial charge in [-0.1, -0.05) is 49.1 Å². The summed E-state index contributed by atoms with van der Waals surface area (Å²) in [6.45, 7) is 11.2. The molecule has 1 aromatic heterocycles. The molecule has 2 aliphatic heterocycles. The number of hydrogen-bond acceptors (Lipinski definition) is 7. The van der Waals surface area contributed by atoms with E-state index in [0.29, 0.717) is 21.3 Å². The third kappa shape index (κ3) is 4.80. The van der Waals surface area contributed by atoms with Crippen LogP contribution in [-0.4, -0.2) is 51.9 Å². The number of para-hydroxylation sites is 1. The first-order chi connectivity index (χ1) is 17.3. The summed E-state index contributed by atoms with van der Waals surface area (Å²) in [6, 6.07) is 12.4. The lowest BCUT2D eigenvalue weighted by Gasteiger charge is -2.39. The fourth-order valence-electron chi connectivity index (χ4n) is 4.79. The highest BCUT2D eigenvalue weighted by Crippen LogP contribution is 2.37. The van der Waals surface area contributed by atoms with Gasteiger partial charge in [0.1, 0.15) is 21.8 Å². The minimum Gasteiger partial charge on any atom is -0.368 e. The van der Waals surface area contributed by atoms with E-state index in [0.717, 1.165) is 44.0 Å². The Kier molecular flexibility index (Phi) is 7.86. The predicted molar refractivity (Wildman–Crippen MR) is 151 cm³/mol. The first-order valence-corrected chi connectivity index (χ1v) is 13.5. The molecule has 4 rings (SSSR count). The van der Waals surface area contributed by atoms with E-state index in [4.69, 9.17) is 12.2 Å². The van der Waals surface area contributed by atoms with Gasteiger partial charge in [0.2, 0.25) is 0 Å². The molecule has 0 saturated carbocycles. The Morgan fingerprint density at radius 3 is 2.31 bits per heavy atom. The molecule has 3 heterocycles. The molecular formula is C27H31N5O2S2. The predicted octanol–water partition coefficient (Wildman–Crippen LogP) is 4.37. The van der Waals surface area contributed by atoms with Crippen LogP contribution in [0.4, 0.5) is 11.5 Å². The summed E-state index contributed by atoms with van der Waals surface area (Å²) in [6.07, 6.45) is 2.59. The van der Waals surface area contributed by atoms with Gasteiger partial charge in [0.15, 0.2) is 0 Å². The second-order valence-electron chi connectivity index (χ2n) is 9.26. The van der Waals surface area contributed by atoms with E-state index in [1.54, 1.807) is 16.4 Å². The van der Waals surface area contributed by atoms with Crippen molar-refractivity contribution < 1.29 is 4.79 Å². The normalized spacial score (nSPS) is 17.4. The van der Waals surface area contributed by atoms with Gasteiger partial charge in [-0.25, -0.2) is 0 Å². The van der Waals surface area contributed by atoms with Crippen molar-refractivity contribution in [3.8, 4) is 6.07 Å². The number of rotatable bonds is 6. The minimum absolute atomic E-state index is 0.0428. The number of carbonyl (C=O) groups is 1. The van der Waals surface area contributed by atoms with Crippen molar-refractivity contribution in [1.29, 1.82) is 5.26 Å². The molecule has 0 bridgehead atoms. The van der Waals surface area contributed by atoms with Crippen LogP contribution < -0.4 is 15.4 Å². The Balaban J connectivity index is 1.81. The van der Waals surface area contributed by atoms with Gasteiger partial charge >= 0.3 is 0 Å². The number of hydrogen-bond donors (Lipinski definition) is 0. The molecule has 36 heavy (non-hydrogen) atoms. The number of anilines is 2. The maximum atomic E-state index is 13.4. The zero-order valence-electron chi connectivity index (χ0n) is 21.2. The Morgan fingerprint density at radius 2 is 1.75 bits per heavy atom. The van der Waals surface area contributed by atoms with Crippen LogP contribution in [0.2, 0.25) is 0 Å². The van der Waals surface area contributed by atoms with Crippen LogP contribution in [0.1, 0.15) is 43.9 Å². The van der Waals surface area contributed by atoms with Crippen molar-refractivity contribution in [2.75, 3.05) is 36.0 Å². The van der Waals surface area contributed by atoms with Crippen LogP contribution >= 0.6 is 24.0 Å². The van der Waals surface area contributed by atoms with E-state index < -0.39 is 0 Å². The standard InChI is InChI=1S/C27H31N5O2S2/c1-5-11-31-24(30-14-12-29(13-15-30)20-9-7-6-8-10-20)21(19(4)22(17-28)25(31)33)16-23-26(34)32(18(2)3)27(35)36-23/h6-10,16,18H,5,11-15H2,1-4H3/b23-16-. The molecule has 0 radical (unpaired) electrons.